The lowest BCUT2D eigenvalue weighted by Gasteiger charge is -2.28. The lowest BCUT2D eigenvalue weighted by molar-refractivity contribution is 0.0957. The molecule has 5 nitrogen and oxygen atoms in total. The van der Waals surface area contributed by atoms with Crippen LogP contribution in [-0.2, 0) is 14.8 Å². The van der Waals surface area contributed by atoms with E-state index < -0.39 is 15.6 Å². The van der Waals surface area contributed by atoms with E-state index in [1.54, 1.807) is 0 Å². The Labute approximate surface area is 103 Å². The van der Waals surface area contributed by atoms with Crippen molar-refractivity contribution in [3.8, 4) is 0 Å². The maximum Gasteiger partial charge on any atom is 0.213 e. The Morgan fingerprint density at radius 3 is 2.65 bits per heavy atom. The van der Waals surface area contributed by atoms with Crippen LogP contribution in [0.5, 0.6) is 0 Å². The van der Waals surface area contributed by atoms with Crippen molar-refractivity contribution in [1.82, 2.24) is 10.0 Å². The van der Waals surface area contributed by atoms with E-state index in [1.807, 2.05) is 13.8 Å². The van der Waals surface area contributed by atoms with Crippen LogP contribution in [0.2, 0.25) is 0 Å². The number of nitrogens with one attached hydrogen (secondary N) is 2. The maximum atomic E-state index is 11.9. The highest BCUT2D eigenvalue weighted by Gasteiger charge is 2.40. The lowest BCUT2D eigenvalue weighted by Crippen LogP contribution is -2.51. The minimum absolute atomic E-state index is 0.0614. The number of hydrogen-bond donors (Lipinski definition) is 2. The standard InChI is InChI=1S/C11H22N2O3S/c1-9-11(2,5-7-16-9)13-17(14,15)8-6-12-10-3-4-10/h9-10,12-13H,3-8H2,1-2H3. The van der Waals surface area contributed by atoms with Gasteiger partial charge in [-0.15, -0.1) is 0 Å². The highest BCUT2D eigenvalue weighted by molar-refractivity contribution is 7.89. The van der Waals surface area contributed by atoms with Gasteiger partial charge in [0.25, 0.3) is 0 Å². The predicted molar refractivity (Wildman–Crippen MR) is 66.4 cm³/mol. The number of rotatable bonds is 6. The summed E-state index contributed by atoms with van der Waals surface area (Å²) in [7, 11) is -3.22. The quantitative estimate of drug-likeness (QED) is 0.719. The molecule has 17 heavy (non-hydrogen) atoms. The predicted octanol–water partition coefficient (Wildman–Crippen LogP) is 0.225. The summed E-state index contributed by atoms with van der Waals surface area (Å²) in [6, 6.07) is 0.550. The van der Waals surface area contributed by atoms with E-state index in [4.69, 9.17) is 4.74 Å². The van der Waals surface area contributed by atoms with Gasteiger partial charge in [0.05, 0.1) is 17.4 Å². The van der Waals surface area contributed by atoms with Gasteiger partial charge >= 0.3 is 0 Å². The largest absolute Gasteiger partial charge is 0.376 e. The van der Waals surface area contributed by atoms with Crippen LogP contribution in [0.1, 0.15) is 33.1 Å². The molecule has 0 aromatic rings. The van der Waals surface area contributed by atoms with Gasteiger partial charge in [-0.3, -0.25) is 0 Å². The smallest absolute Gasteiger partial charge is 0.213 e. The maximum absolute atomic E-state index is 11.9. The van der Waals surface area contributed by atoms with Crippen molar-refractivity contribution in [3.63, 3.8) is 0 Å². The van der Waals surface area contributed by atoms with Crippen molar-refractivity contribution >= 4 is 10.0 Å². The van der Waals surface area contributed by atoms with Crippen LogP contribution in [0.15, 0.2) is 0 Å². The summed E-state index contributed by atoms with van der Waals surface area (Å²) < 4.78 is 32.1. The Morgan fingerprint density at radius 1 is 1.41 bits per heavy atom. The first-order valence-electron chi connectivity index (χ1n) is 6.28. The second-order valence-electron chi connectivity index (χ2n) is 5.33. The van der Waals surface area contributed by atoms with Gasteiger partial charge in [0.2, 0.25) is 10.0 Å². The molecule has 0 radical (unpaired) electrons. The molecule has 1 aliphatic heterocycles. The molecule has 2 unspecified atom stereocenters. The van der Waals surface area contributed by atoms with Gasteiger partial charge in [-0.1, -0.05) is 0 Å². The topological polar surface area (TPSA) is 67.4 Å². The fraction of sp³-hybridized carbons (Fsp3) is 1.00. The molecule has 1 aliphatic carbocycles. The van der Waals surface area contributed by atoms with Crippen LogP contribution >= 0.6 is 0 Å². The van der Waals surface area contributed by atoms with Gasteiger partial charge < -0.3 is 10.1 Å². The summed E-state index contributed by atoms with van der Waals surface area (Å²) in [6.07, 6.45) is 3.03. The Morgan fingerprint density at radius 2 is 2.12 bits per heavy atom. The highest BCUT2D eigenvalue weighted by atomic mass is 32.2. The van der Waals surface area contributed by atoms with Crippen LogP contribution in [0.3, 0.4) is 0 Å². The van der Waals surface area contributed by atoms with Crippen molar-refractivity contribution < 1.29 is 13.2 Å². The van der Waals surface area contributed by atoms with Crippen molar-refractivity contribution in [2.24, 2.45) is 0 Å². The van der Waals surface area contributed by atoms with Gasteiger partial charge in [0, 0.05) is 19.2 Å². The molecule has 100 valence electrons. The molecule has 2 rings (SSSR count). The zero-order valence-corrected chi connectivity index (χ0v) is 11.3. The third kappa shape index (κ3) is 3.64. The Bertz CT molecular complexity index is 367. The second kappa shape index (κ2) is 4.84. The fourth-order valence-electron chi connectivity index (χ4n) is 2.06. The molecule has 2 aliphatic rings. The molecular formula is C11H22N2O3S. The summed E-state index contributed by atoms with van der Waals surface area (Å²) in [4.78, 5) is 0. The molecule has 0 bridgehead atoms. The molecule has 2 atom stereocenters. The monoisotopic (exact) mass is 262 g/mol. The van der Waals surface area contributed by atoms with E-state index >= 15 is 0 Å². The van der Waals surface area contributed by atoms with Crippen LogP contribution in [0.25, 0.3) is 0 Å². The summed E-state index contributed by atoms with van der Waals surface area (Å²) >= 11 is 0. The van der Waals surface area contributed by atoms with Gasteiger partial charge in [-0.2, -0.15) is 0 Å². The van der Waals surface area contributed by atoms with Gasteiger partial charge in [-0.05, 0) is 33.1 Å². The molecule has 0 amide bonds. The SMILES string of the molecule is CC1OCCC1(C)NS(=O)(=O)CCNC1CC1. The Balaban J connectivity index is 1.82. The number of hydrogen-bond acceptors (Lipinski definition) is 4. The highest BCUT2D eigenvalue weighted by Crippen LogP contribution is 2.25. The number of ether oxygens (including phenoxy) is 1. The van der Waals surface area contributed by atoms with Crippen LogP contribution in [0, 0.1) is 0 Å². The lowest BCUT2D eigenvalue weighted by atomic mass is 9.97. The minimum atomic E-state index is -3.22. The van der Waals surface area contributed by atoms with E-state index in [0.29, 0.717) is 19.2 Å². The second-order valence-corrected chi connectivity index (χ2v) is 7.17. The zero-order valence-electron chi connectivity index (χ0n) is 10.5. The molecule has 2 fully saturated rings. The molecule has 0 spiro atoms. The molecule has 1 saturated carbocycles. The Hall–Kier alpha value is -0.170. The van der Waals surface area contributed by atoms with Crippen LogP contribution < -0.4 is 10.0 Å². The first kappa shape index (κ1) is 13.3. The zero-order chi connectivity index (χ0) is 12.5. The van der Waals surface area contributed by atoms with Crippen molar-refractivity contribution in [2.75, 3.05) is 18.9 Å². The van der Waals surface area contributed by atoms with Crippen molar-refractivity contribution in [1.29, 1.82) is 0 Å². The molecule has 6 heteroatoms. The van der Waals surface area contributed by atoms with Crippen LogP contribution in [-0.4, -0.2) is 45.0 Å². The normalized spacial score (nSPS) is 34.1. The molecule has 0 aromatic heterocycles. The third-order valence-corrected chi connectivity index (χ3v) is 5.18. The van der Waals surface area contributed by atoms with E-state index in [1.165, 1.54) is 12.8 Å². The first-order chi connectivity index (χ1) is 7.91. The van der Waals surface area contributed by atoms with Crippen molar-refractivity contribution in [3.05, 3.63) is 0 Å². The fourth-order valence-corrected chi connectivity index (χ4v) is 3.53. The molecule has 2 N–H and O–H groups in total. The summed E-state index contributed by atoms with van der Waals surface area (Å²) in [5, 5.41) is 3.21. The van der Waals surface area contributed by atoms with E-state index in [0.717, 1.165) is 6.42 Å². The summed E-state index contributed by atoms with van der Waals surface area (Å²) in [5.41, 5.74) is -0.446. The molecule has 1 heterocycles. The summed E-state index contributed by atoms with van der Waals surface area (Å²) in [6.45, 7) is 4.99. The van der Waals surface area contributed by atoms with Crippen molar-refractivity contribution in [2.45, 2.75) is 50.8 Å². The van der Waals surface area contributed by atoms with E-state index in [-0.39, 0.29) is 11.9 Å². The van der Waals surface area contributed by atoms with Gasteiger partial charge in [-0.25, -0.2) is 13.1 Å². The average molecular weight is 262 g/mol. The van der Waals surface area contributed by atoms with E-state index in [2.05, 4.69) is 10.0 Å². The van der Waals surface area contributed by atoms with Gasteiger partial charge in [0.15, 0.2) is 0 Å². The first-order valence-corrected chi connectivity index (χ1v) is 7.93. The van der Waals surface area contributed by atoms with Crippen LogP contribution in [0.4, 0.5) is 0 Å². The summed E-state index contributed by atoms with van der Waals surface area (Å²) in [5.74, 6) is 0.145. The Kier molecular flexibility index (Phi) is 3.77. The third-order valence-electron chi connectivity index (χ3n) is 3.66. The molecule has 1 saturated heterocycles. The molecule has 0 aromatic carbocycles. The molecular weight excluding hydrogens is 240 g/mol. The minimum Gasteiger partial charge on any atom is -0.376 e. The average Bonchev–Trinajstić information content (AvgIpc) is 2.95. The van der Waals surface area contributed by atoms with Gasteiger partial charge in [0.1, 0.15) is 0 Å². The number of sulfonamides is 1. The van der Waals surface area contributed by atoms with E-state index in [9.17, 15) is 8.42 Å².